The van der Waals surface area contributed by atoms with Crippen molar-refractivity contribution in [1.29, 1.82) is 0 Å². The lowest BCUT2D eigenvalue weighted by atomic mass is 10.5. The number of hydrogen-bond acceptors (Lipinski definition) is 5. The number of ether oxygens (including phenoxy) is 3. The van der Waals surface area contributed by atoms with Crippen LogP contribution in [0.1, 0.15) is 0 Å². The lowest BCUT2D eigenvalue weighted by Gasteiger charge is -2.02. The van der Waals surface area contributed by atoms with E-state index >= 15 is 0 Å². The van der Waals surface area contributed by atoms with Gasteiger partial charge in [0.25, 0.3) is 0 Å². The molecule has 0 aliphatic carbocycles. The largest absolute Gasteiger partial charge is 0.460 e. The van der Waals surface area contributed by atoms with Gasteiger partial charge < -0.3 is 14.2 Å². The molecule has 0 atom stereocenters. The molecule has 0 saturated carbocycles. The number of hydrogen-bond donors (Lipinski definition) is 0. The highest BCUT2D eigenvalue weighted by atomic mass is 16.6. The Hall–Kier alpha value is -1.36. The fourth-order valence-corrected chi connectivity index (χ4v) is 0.737. The van der Waals surface area contributed by atoms with Gasteiger partial charge in [0.1, 0.15) is 13.2 Å². The van der Waals surface area contributed by atoms with Crippen LogP contribution in [0.5, 0.6) is 0 Å². The maximum atomic E-state index is 10.8. The predicted molar refractivity (Wildman–Crippen MR) is 41.9 cm³/mol. The Balaban J connectivity index is 2.46. The summed E-state index contributed by atoms with van der Waals surface area (Å²) in [6.45, 7) is 1.02. The van der Waals surface area contributed by atoms with Crippen LogP contribution in [0.4, 0.5) is 0 Å². The minimum Gasteiger partial charge on any atom is -0.460 e. The number of carbonyl (C=O) groups is 2. The minimum atomic E-state index is -0.567. The third kappa shape index (κ3) is 4.27. The Kier molecular flexibility index (Phi) is 3.98. The molecule has 72 valence electrons. The second kappa shape index (κ2) is 5.31. The molecule has 1 aliphatic heterocycles. The summed E-state index contributed by atoms with van der Waals surface area (Å²) in [5.41, 5.74) is 0. The van der Waals surface area contributed by atoms with Crippen LogP contribution in [-0.4, -0.2) is 38.4 Å². The van der Waals surface area contributed by atoms with Crippen molar-refractivity contribution in [3.05, 3.63) is 12.2 Å². The molecule has 13 heavy (non-hydrogen) atoms. The van der Waals surface area contributed by atoms with E-state index in [1.165, 1.54) is 0 Å². The maximum Gasteiger partial charge on any atom is 0.331 e. The molecule has 1 heterocycles. The number of cyclic esters (lactones) is 2. The van der Waals surface area contributed by atoms with Crippen molar-refractivity contribution < 1.29 is 23.8 Å². The minimum absolute atomic E-state index is 0.192. The standard InChI is InChI=1S/C8H10O5/c9-7-1-2-8(10)13-6-4-11-3-5-12-7/h1-2H,3-6H2/b2-1-. The van der Waals surface area contributed by atoms with Crippen LogP contribution in [0.2, 0.25) is 0 Å². The zero-order chi connectivity index (χ0) is 9.52. The van der Waals surface area contributed by atoms with E-state index in [0.29, 0.717) is 13.2 Å². The van der Waals surface area contributed by atoms with Gasteiger partial charge in [-0.1, -0.05) is 0 Å². The monoisotopic (exact) mass is 186 g/mol. The molecule has 0 spiro atoms. The highest BCUT2D eigenvalue weighted by Crippen LogP contribution is 1.89. The molecule has 0 N–H and O–H groups in total. The lowest BCUT2D eigenvalue weighted by molar-refractivity contribution is -0.139. The van der Waals surface area contributed by atoms with Gasteiger partial charge in [0.15, 0.2) is 0 Å². The predicted octanol–water partition coefficient (Wildman–Crippen LogP) is -0.341. The van der Waals surface area contributed by atoms with Crippen molar-refractivity contribution in [1.82, 2.24) is 0 Å². The zero-order valence-corrected chi connectivity index (χ0v) is 7.02. The van der Waals surface area contributed by atoms with E-state index in [1.54, 1.807) is 0 Å². The number of esters is 2. The van der Waals surface area contributed by atoms with Gasteiger partial charge in [-0.05, 0) is 0 Å². The van der Waals surface area contributed by atoms with Gasteiger partial charge in [-0.3, -0.25) is 0 Å². The molecule has 0 aromatic heterocycles. The molecule has 1 aliphatic rings. The van der Waals surface area contributed by atoms with Gasteiger partial charge in [0.2, 0.25) is 0 Å². The van der Waals surface area contributed by atoms with Crippen molar-refractivity contribution >= 4 is 11.9 Å². The normalized spacial score (nSPS) is 22.5. The molecule has 0 radical (unpaired) electrons. The SMILES string of the molecule is O=C1/C=C\C(=O)OCCOCCO1. The van der Waals surface area contributed by atoms with Crippen LogP contribution in [0.15, 0.2) is 12.2 Å². The molecular weight excluding hydrogens is 176 g/mol. The topological polar surface area (TPSA) is 61.8 Å². The van der Waals surface area contributed by atoms with Crippen LogP contribution < -0.4 is 0 Å². The average Bonchev–Trinajstić information content (AvgIpc) is 2.15. The van der Waals surface area contributed by atoms with E-state index in [4.69, 9.17) is 4.74 Å². The number of carbonyl (C=O) groups excluding carboxylic acids is 2. The highest BCUT2D eigenvalue weighted by Gasteiger charge is 2.02. The zero-order valence-electron chi connectivity index (χ0n) is 7.02. The lowest BCUT2D eigenvalue weighted by Crippen LogP contribution is -2.10. The molecule has 0 bridgehead atoms. The fraction of sp³-hybridized carbons (Fsp3) is 0.500. The maximum absolute atomic E-state index is 10.8. The molecule has 0 unspecified atom stereocenters. The Morgan fingerprint density at radius 1 is 0.846 bits per heavy atom. The van der Waals surface area contributed by atoms with Gasteiger partial charge in [-0.25, -0.2) is 9.59 Å². The third-order valence-electron chi connectivity index (χ3n) is 1.30. The molecule has 0 saturated heterocycles. The van der Waals surface area contributed by atoms with E-state index in [9.17, 15) is 9.59 Å². The van der Waals surface area contributed by atoms with Crippen LogP contribution in [0, 0.1) is 0 Å². The summed E-state index contributed by atoms with van der Waals surface area (Å²) < 4.78 is 14.3. The van der Waals surface area contributed by atoms with Crippen LogP contribution >= 0.6 is 0 Å². The van der Waals surface area contributed by atoms with Crippen LogP contribution in [0.3, 0.4) is 0 Å². The Morgan fingerprint density at radius 2 is 1.31 bits per heavy atom. The van der Waals surface area contributed by atoms with Gasteiger partial charge in [-0.2, -0.15) is 0 Å². The van der Waals surface area contributed by atoms with E-state index < -0.39 is 11.9 Å². The summed E-state index contributed by atoms with van der Waals surface area (Å²) in [5, 5.41) is 0. The van der Waals surface area contributed by atoms with Crippen molar-refractivity contribution in [2.45, 2.75) is 0 Å². The van der Waals surface area contributed by atoms with E-state index in [1.807, 2.05) is 0 Å². The highest BCUT2D eigenvalue weighted by molar-refractivity contribution is 5.91. The quantitative estimate of drug-likeness (QED) is 0.484. The second-order valence-electron chi connectivity index (χ2n) is 2.28. The summed E-state index contributed by atoms with van der Waals surface area (Å²) in [5.74, 6) is -1.13. The molecular formula is C8H10O5. The van der Waals surface area contributed by atoms with E-state index in [0.717, 1.165) is 12.2 Å². The van der Waals surface area contributed by atoms with Gasteiger partial charge in [-0.15, -0.1) is 0 Å². The van der Waals surface area contributed by atoms with E-state index in [-0.39, 0.29) is 13.2 Å². The van der Waals surface area contributed by atoms with E-state index in [2.05, 4.69) is 9.47 Å². The van der Waals surface area contributed by atoms with Gasteiger partial charge in [0.05, 0.1) is 13.2 Å². The molecule has 1 rings (SSSR count). The Labute approximate surface area is 75.3 Å². The first-order valence-electron chi connectivity index (χ1n) is 3.88. The molecule has 0 fully saturated rings. The Bertz CT molecular complexity index is 199. The smallest absolute Gasteiger partial charge is 0.331 e. The molecule has 0 amide bonds. The second-order valence-corrected chi connectivity index (χ2v) is 2.28. The van der Waals surface area contributed by atoms with Gasteiger partial charge >= 0.3 is 11.9 Å². The average molecular weight is 186 g/mol. The molecule has 5 heteroatoms. The summed E-state index contributed by atoms with van der Waals surface area (Å²) in [6, 6.07) is 0. The molecule has 0 aromatic carbocycles. The third-order valence-corrected chi connectivity index (χ3v) is 1.30. The Morgan fingerprint density at radius 3 is 1.77 bits per heavy atom. The van der Waals surface area contributed by atoms with Crippen molar-refractivity contribution in [2.75, 3.05) is 26.4 Å². The molecule has 5 nitrogen and oxygen atoms in total. The summed E-state index contributed by atoms with van der Waals surface area (Å²) >= 11 is 0. The van der Waals surface area contributed by atoms with Crippen molar-refractivity contribution in [2.24, 2.45) is 0 Å². The fourth-order valence-electron chi connectivity index (χ4n) is 0.737. The first kappa shape index (κ1) is 9.73. The summed E-state index contributed by atoms with van der Waals surface area (Å²) in [6.07, 6.45) is 2.07. The first-order chi connectivity index (χ1) is 6.29. The number of rotatable bonds is 0. The van der Waals surface area contributed by atoms with Crippen LogP contribution in [0.25, 0.3) is 0 Å². The first-order valence-corrected chi connectivity index (χ1v) is 3.88. The van der Waals surface area contributed by atoms with Crippen LogP contribution in [-0.2, 0) is 23.8 Å². The summed E-state index contributed by atoms with van der Waals surface area (Å²) in [4.78, 5) is 21.6. The molecule has 0 aromatic rings. The summed E-state index contributed by atoms with van der Waals surface area (Å²) in [7, 11) is 0. The van der Waals surface area contributed by atoms with Crippen molar-refractivity contribution in [3.8, 4) is 0 Å². The van der Waals surface area contributed by atoms with Gasteiger partial charge in [0, 0.05) is 12.2 Å². The van der Waals surface area contributed by atoms with Crippen molar-refractivity contribution in [3.63, 3.8) is 0 Å².